The Kier molecular flexibility index (Phi) is 4.92. The number of amides is 3. The molecule has 38 heavy (non-hydrogen) atoms. The molecule has 1 aliphatic heterocycles. The second-order valence-corrected chi connectivity index (χ2v) is 10.5. The SMILES string of the molecule is Cc1cccc(C)c1NC(=O)c1cccc(N2C(=O)[C@@H]3C4c5ccccc5C(c5ccccc54)[C@@H]3C2=O)c1. The molecule has 1 fully saturated rings. The van der Waals surface area contributed by atoms with Crippen molar-refractivity contribution >= 4 is 29.1 Å². The second-order valence-electron chi connectivity index (χ2n) is 10.5. The van der Waals surface area contributed by atoms with Crippen molar-refractivity contribution in [3.05, 3.63) is 130 Å². The quantitative estimate of drug-likeness (QED) is 0.355. The first-order valence-corrected chi connectivity index (χ1v) is 13.0. The molecule has 5 nitrogen and oxygen atoms in total. The predicted molar refractivity (Wildman–Crippen MR) is 146 cm³/mol. The molecule has 2 atom stereocenters. The minimum Gasteiger partial charge on any atom is -0.322 e. The van der Waals surface area contributed by atoms with Gasteiger partial charge in [0.15, 0.2) is 0 Å². The molecule has 4 aromatic carbocycles. The number of para-hydroxylation sites is 1. The van der Waals surface area contributed by atoms with Crippen LogP contribution in [0.4, 0.5) is 11.4 Å². The minimum absolute atomic E-state index is 0.158. The summed E-state index contributed by atoms with van der Waals surface area (Å²) in [6.45, 7) is 3.90. The number of nitrogens with one attached hydrogen (secondary N) is 1. The summed E-state index contributed by atoms with van der Waals surface area (Å²) in [5.74, 6) is -1.88. The van der Waals surface area contributed by atoms with E-state index in [4.69, 9.17) is 0 Å². The largest absolute Gasteiger partial charge is 0.322 e. The van der Waals surface area contributed by atoms with Gasteiger partial charge in [0.05, 0.1) is 17.5 Å². The van der Waals surface area contributed by atoms with Crippen LogP contribution in [0.5, 0.6) is 0 Å². The van der Waals surface area contributed by atoms with E-state index in [0.29, 0.717) is 11.3 Å². The summed E-state index contributed by atoms with van der Waals surface area (Å²) in [6, 6.07) is 29.1. The molecule has 8 rings (SSSR count). The van der Waals surface area contributed by atoms with Crippen LogP contribution in [0.25, 0.3) is 0 Å². The molecule has 3 amide bonds. The van der Waals surface area contributed by atoms with Crippen LogP contribution in [0.15, 0.2) is 91.0 Å². The van der Waals surface area contributed by atoms with Gasteiger partial charge < -0.3 is 5.32 Å². The highest BCUT2D eigenvalue weighted by Gasteiger charge is 2.61. The molecular weight excluding hydrogens is 472 g/mol. The van der Waals surface area contributed by atoms with Gasteiger partial charge in [-0.15, -0.1) is 0 Å². The number of hydrogen-bond acceptors (Lipinski definition) is 3. The molecule has 1 heterocycles. The number of benzene rings is 4. The Bertz CT molecular complexity index is 1540. The van der Waals surface area contributed by atoms with Gasteiger partial charge in [-0.2, -0.15) is 0 Å². The number of rotatable bonds is 3. The van der Waals surface area contributed by atoms with E-state index in [1.165, 1.54) is 4.90 Å². The van der Waals surface area contributed by atoms with E-state index in [0.717, 1.165) is 39.1 Å². The summed E-state index contributed by atoms with van der Waals surface area (Å²) in [7, 11) is 0. The first-order valence-electron chi connectivity index (χ1n) is 13.0. The van der Waals surface area contributed by atoms with Crippen molar-refractivity contribution < 1.29 is 14.4 Å². The molecular formula is C33H26N2O3. The Hall–Kier alpha value is -4.51. The summed E-state index contributed by atoms with van der Waals surface area (Å²) in [5, 5.41) is 3.01. The van der Waals surface area contributed by atoms with Gasteiger partial charge in [0, 0.05) is 23.1 Å². The number of aryl methyl sites for hydroxylation is 2. The lowest BCUT2D eigenvalue weighted by molar-refractivity contribution is -0.122. The van der Waals surface area contributed by atoms with E-state index in [2.05, 4.69) is 29.6 Å². The molecule has 0 aromatic heterocycles. The lowest BCUT2D eigenvalue weighted by Gasteiger charge is -2.45. The summed E-state index contributed by atoms with van der Waals surface area (Å²) >= 11 is 0. The third-order valence-corrected chi connectivity index (χ3v) is 8.53. The fraction of sp³-hybridized carbons (Fsp3) is 0.182. The third kappa shape index (κ3) is 3.08. The van der Waals surface area contributed by atoms with Gasteiger partial charge in [0.25, 0.3) is 5.91 Å². The molecule has 1 saturated heterocycles. The highest BCUT2D eigenvalue weighted by atomic mass is 16.2. The molecule has 5 heteroatoms. The molecule has 0 saturated carbocycles. The standard InChI is InChI=1S/C33H26N2O3/c1-18-9-7-10-19(2)30(18)34-31(36)20-11-8-12-21(17-20)35-32(37)28-26-22-13-3-4-14-23(22)27(29(28)33(35)38)25-16-6-5-15-24(25)26/h3-17,26-29H,1-2H3,(H,34,36)/t26?,27?,28-,29+. The van der Waals surface area contributed by atoms with Crippen LogP contribution >= 0.6 is 0 Å². The van der Waals surface area contributed by atoms with Gasteiger partial charge in [-0.05, 0) is 65.4 Å². The average Bonchev–Trinajstić information content (AvgIpc) is 3.21. The Labute approximate surface area is 221 Å². The van der Waals surface area contributed by atoms with Crippen LogP contribution in [-0.4, -0.2) is 17.7 Å². The van der Waals surface area contributed by atoms with E-state index < -0.39 is 11.8 Å². The molecule has 0 radical (unpaired) electrons. The Morgan fingerprint density at radius 1 is 0.658 bits per heavy atom. The van der Waals surface area contributed by atoms with Crippen molar-refractivity contribution in [1.29, 1.82) is 0 Å². The van der Waals surface area contributed by atoms with Crippen LogP contribution in [0.3, 0.4) is 0 Å². The first-order chi connectivity index (χ1) is 18.5. The molecule has 0 spiro atoms. The number of hydrogen-bond donors (Lipinski definition) is 1. The average molecular weight is 499 g/mol. The van der Waals surface area contributed by atoms with Crippen molar-refractivity contribution in [1.82, 2.24) is 0 Å². The maximum atomic E-state index is 14.0. The van der Waals surface area contributed by atoms with Gasteiger partial charge in [0.1, 0.15) is 0 Å². The number of anilines is 2. The van der Waals surface area contributed by atoms with Gasteiger partial charge >= 0.3 is 0 Å². The Morgan fingerprint density at radius 2 is 1.13 bits per heavy atom. The zero-order valence-electron chi connectivity index (χ0n) is 21.1. The maximum absolute atomic E-state index is 14.0. The molecule has 4 aliphatic rings. The van der Waals surface area contributed by atoms with Crippen molar-refractivity contribution in [2.45, 2.75) is 25.7 Å². The second kappa shape index (κ2) is 8.25. The Balaban J connectivity index is 1.27. The fourth-order valence-electron chi connectivity index (χ4n) is 6.92. The van der Waals surface area contributed by atoms with Gasteiger partial charge in [0.2, 0.25) is 11.8 Å². The summed E-state index contributed by atoms with van der Waals surface area (Å²) in [6.07, 6.45) is 0. The van der Waals surface area contributed by atoms with E-state index in [1.54, 1.807) is 24.3 Å². The highest BCUT2D eigenvalue weighted by molar-refractivity contribution is 6.23. The lowest BCUT2D eigenvalue weighted by Crippen LogP contribution is -2.41. The molecule has 3 aliphatic carbocycles. The van der Waals surface area contributed by atoms with E-state index in [1.807, 2.05) is 56.3 Å². The summed E-state index contributed by atoms with van der Waals surface area (Å²) in [4.78, 5) is 42.6. The normalized spacial score (nSPS) is 22.6. The predicted octanol–water partition coefficient (Wildman–Crippen LogP) is 5.95. The van der Waals surface area contributed by atoms with Crippen LogP contribution in [0.1, 0.15) is 55.6 Å². The number of carbonyl (C=O) groups excluding carboxylic acids is 3. The summed E-state index contributed by atoms with van der Waals surface area (Å²) < 4.78 is 0. The van der Waals surface area contributed by atoms with Crippen LogP contribution in [0, 0.1) is 25.7 Å². The van der Waals surface area contributed by atoms with Crippen molar-refractivity contribution in [2.75, 3.05) is 10.2 Å². The lowest BCUT2D eigenvalue weighted by atomic mass is 9.55. The van der Waals surface area contributed by atoms with Gasteiger partial charge in [-0.3, -0.25) is 14.4 Å². The van der Waals surface area contributed by atoms with Crippen molar-refractivity contribution in [3.63, 3.8) is 0 Å². The van der Waals surface area contributed by atoms with Crippen molar-refractivity contribution in [2.24, 2.45) is 11.8 Å². The number of imide groups is 1. The van der Waals surface area contributed by atoms with E-state index in [-0.39, 0.29) is 29.6 Å². The van der Waals surface area contributed by atoms with Gasteiger partial charge in [-0.1, -0.05) is 72.8 Å². The molecule has 4 aromatic rings. The van der Waals surface area contributed by atoms with Gasteiger partial charge in [-0.25, -0.2) is 4.90 Å². The smallest absolute Gasteiger partial charge is 0.255 e. The van der Waals surface area contributed by atoms with E-state index >= 15 is 0 Å². The fourth-order valence-corrected chi connectivity index (χ4v) is 6.92. The molecule has 1 N–H and O–H groups in total. The molecule has 0 unspecified atom stereocenters. The van der Waals surface area contributed by atoms with E-state index in [9.17, 15) is 14.4 Å². The maximum Gasteiger partial charge on any atom is 0.255 e. The van der Waals surface area contributed by atoms with Crippen LogP contribution < -0.4 is 10.2 Å². The minimum atomic E-state index is -0.454. The zero-order chi connectivity index (χ0) is 26.1. The number of nitrogens with zero attached hydrogens (tertiary/aromatic N) is 1. The highest BCUT2D eigenvalue weighted by Crippen LogP contribution is 2.61. The first kappa shape index (κ1) is 22.7. The van der Waals surface area contributed by atoms with Crippen LogP contribution in [-0.2, 0) is 9.59 Å². The molecule has 186 valence electrons. The Morgan fingerprint density at radius 3 is 1.63 bits per heavy atom. The summed E-state index contributed by atoms with van der Waals surface area (Å²) in [5.41, 5.74) is 8.12. The van der Waals surface area contributed by atoms with Crippen molar-refractivity contribution in [3.8, 4) is 0 Å². The topological polar surface area (TPSA) is 66.5 Å². The molecule has 2 bridgehead atoms. The zero-order valence-corrected chi connectivity index (χ0v) is 21.1. The third-order valence-electron chi connectivity index (χ3n) is 8.53. The van der Waals surface area contributed by atoms with Crippen LogP contribution in [0.2, 0.25) is 0 Å². The number of carbonyl (C=O) groups is 3. The monoisotopic (exact) mass is 498 g/mol.